The van der Waals surface area contributed by atoms with E-state index in [1.807, 2.05) is 12.1 Å². The number of aromatic hydroxyl groups is 1. The Morgan fingerprint density at radius 3 is 2.79 bits per heavy atom. The van der Waals surface area contributed by atoms with Crippen molar-refractivity contribution in [3.63, 3.8) is 0 Å². The molecular formula is C14H19N3OS. The van der Waals surface area contributed by atoms with E-state index in [1.165, 1.54) is 0 Å². The van der Waals surface area contributed by atoms with Gasteiger partial charge in [0, 0.05) is 25.4 Å². The Morgan fingerprint density at radius 1 is 1.26 bits per heavy atom. The van der Waals surface area contributed by atoms with Gasteiger partial charge >= 0.3 is 0 Å². The Kier molecular flexibility index (Phi) is 4.87. The number of phenolic OH excluding ortho intramolecular Hbond substituents is 1. The van der Waals surface area contributed by atoms with Crippen LogP contribution in [0.25, 0.3) is 0 Å². The third-order valence-electron chi connectivity index (χ3n) is 2.67. The molecule has 4 nitrogen and oxygen atoms in total. The number of hydrogen-bond acceptors (Lipinski definition) is 5. The molecule has 19 heavy (non-hydrogen) atoms. The average Bonchev–Trinajstić information content (AvgIpc) is 2.76. The highest BCUT2D eigenvalue weighted by Gasteiger charge is 2.06. The second kappa shape index (κ2) is 6.63. The van der Waals surface area contributed by atoms with Crippen molar-refractivity contribution in [3.05, 3.63) is 39.8 Å². The second-order valence-corrected chi connectivity index (χ2v) is 5.94. The van der Waals surface area contributed by atoms with Gasteiger partial charge in [-0.2, -0.15) is 0 Å². The molecule has 2 aromatic rings. The first-order chi connectivity index (χ1) is 9.13. The van der Waals surface area contributed by atoms with Gasteiger partial charge < -0.3 is 10.4 Å². The van der Waals surface area contributed by atoms with E-state index >= 15 is 0 Å². The Morgan fingerprint density at radius 2 is 2.05 bits per heavy atom. The Balaban J connectivity index is 1.90. The highest BCUT2D eigenvalue weighted by atomic mass is 32.1. The van der Waals surface area contributed by atoms with Crippen molar-refractivity contribution >= 4 is 11.3 Å². The van der Waals surface area contributed by atoms with Gasteiger partial charge in [-0.1, -0.05) is 26.0 Å². The zero-order valence-corrected chi connectivity index (χ0v) is 12.1. The minimum absolute atomic E-state index is 0.295. The summed E-state index contributed by atoms with van der Waals surface area (Å²) in [5, 5.41) is 23.2. The molecule has 5 heteroatoms. The van der Waals surface area contributed by atoms with E-state index in [2.05, 4.69) is 29.4 Å². The normalized spacial score (nSPS) is 11.1. The quantitative estimate of drug-likeness (QED) is 0.851. The lowest BCUT2D eigenvalue weighted by molar-refractivity contribution is 0.474. The lowest BCUT2D eigenvalue weighted by atomic mass is 10.1. The number of hydrogen-bond donors (Lipinski definition) is 2. The molecule has 0 aliphatic rings. The van der Waals surface area contributed by atoms with Crippen molar-refractivity contribution in [2.75, 3.05) is 6.54 Å². The summed E-state index contributed by atoms with van der Waals surface area (Å²) in [4.78, 5) is 0. The maximum Gasteiger partial charge on any atom is 0.121 e. The molecule has 0 saturated heterocycles. The van der Waals surface area contributed by atoms with E-state index in [0.29, 0.717) is 11.8 Å². The van der Waals surface area contributed by atoms with Crippen molar-refractivity contribution in [2.45, 2.75) is 32.7 Å². The maximum absolute atomic E-state index is 9.42. The first kappa shape index (κ1) is 14.0. The number of rotatable bonds is 6. The zero-order chi connectivity index (χ0) is 13.7. The molecule has 0 unspecified atom stereocenters. The third-order valence-corrected chi connectivity index (χ3v) is 3.65. The Labute approximate surface area is 117 Å². The predicted octanol–water partition coefficient (Wildman–Crippen LogP) is 2.38. The van der Waals surface area contributed by atoms with E-state index in [0.717, 1.165) is 35.0 Å². The fraction of sp³-hybridized carbons (Fsp3) is 0.429. The van der Waals surface area contributed by atoms with E-state index in [-0.39, 0.29) is 0 Å². The van der Waals surface area contributed by atoms with Crippen molar-refractivity contribution in [1.29, 1.82) is 0 Å². The number of phenols is 1. The summed E-state index contributed by atoms with van der Waals surface area (Å²) in [6.07, 6.45) is 1.64. The van der Waals surface area contributed by atoms with Crippen LogP contribution in [0.5, 0.6) is 5.75 Å². The predicted molar refractivity (Wildman–Crippen MR) is 77.7 cm³/mol. The van der Waals surface area contributed by atoms with Gasteiger partial charge in [0.1, 0.15) is 15.8 Å². The fourth-order valence-corrected chi connectivity index (χ4v) is 2.65. The summed E-state index contributed by atoms with van der Waals surface area (Å²) in [7, 11) is 0. The van der Waals surface area contributed by atoms with Crippen molar-refractivity contribution in [3.8, 4) is 5.75 Å². The molecule has 0 aliphatic heterocycles. The van der Waals surface area contributed by atoms with Crippen LogP contribution in [0.3, 0.4) is 0 Å². The number of aromatic nitrogens is 2. The van der Waals surface area contributed by atoms with Crippen LogP contribution in [0.1, 0.15) is 29.4 Å². The fourth-order valence-electron chi connectivity index (χ4n) is 1.77. The average molecular weight is 277 g/mol. The summed E-state index contributed by atoms with van der Waals surface area (Å²) in [5.41, 5.74) is 1.06. The monoisotopic (exact) mass is 277 g/mol. The van der Waals surface area contributed by atoms with Crippen molar-refractivity contribution in [2.24, 2.45) is 0 Å². The van der Waals surface area contributed by atoms with Crippen molar-refractivity contribution < 1.29 is 5.11 Å². The largest absolute Gasteiger partial charge is 0.508 e. The smallest absolute Gasteiger partial charge is 0.121 e. The van der Waals surface area contributed by atoms with Gasteiger partial charge in [-0.25, -0.2) is 0 Å². The lowest BCUT2D eigenvalue weighted by Crippen LogP contribution is -2.24. The van der Waals surface area contributed by atoms with Crippen LogP contribution in [-0.2, 0) is 12.8 Å². The second-order valence-electron chi connectivity index (χ2n) is 4.80. The number of benzene rings is 1. The van der Waals surface area contributed by atoms with Gasteiger partial charge in [-0.05, 0) is 17.7 Å². The summed E-state index contributed by atoms with van der Waals surface area (Å²) in [6.45, 7) is 5.19. The molecule has 1 aromatic heterocycles. The molecule has 0 radical (unpaired) electrons. The van der Waals surface area contributed by atoms with Gasteiger partial charge in [-0.3, -0.25) is 0 Å². The standard InChI is InChI=1S/C14H19N3OS/c1-10(2)15-7-6-13-16-17-14(19-13)9-11-4-3-5-12(18)8-11/h3-5,8,10,15,18H,6-7,9H2,1-2H3. The molecule has 0 saturated carbocycles. The van der Waals surface area contributed by atoms with Gasteiger partial charge in [0.25, 0.3) is 0 Å². The molecule has 1 heterocycles. The Hall–Kier alpha value is -1.46. The summed E-state index contributed by atoms with van der Waals surface area (Å²) in [6, 6.07) is 7.77. The van der Waals surface area contributed by atoms with Gasteiger partial charge in [0.2, 0.25) is 0 Å². The highest BCUT2D eigenvalue weighted by Crippen LogP contribution is 2.17. The molecule has 2 rings (SSSR count). The first-order valence-electron chi connectivity index (χ1n) is 6.46. The number of nitrogens with one attached hydrogen (secondary N) is 1. The van der Waals surface area contributed by atoms with Gasteiger partial charge in [0.05, 0.1) is 0 Å². The molecule has 0 atom stereocenters. The SMILES string of the molecule is CC(C)NCCc1nnc(Cc2cccc(O)c2)s1. The minimum atomic E-state index is 0.295. The molecular weight excluding hydrogens is 258 g/mol. The third kappa shape index (κ3) is 4.61. The molecule has 0 amide bonds. The van der Waals surface area contributed by atoms with Crippen LogP contribution in [-0.4, -0.2) is 27.9 Å². The molecule has 1 aromatic carbocycles. The van der Waals surface area contributed by atoms with Gasteiger partial charge in [0.15, 0.2) is 0 Å². The topological polar surface area (TPSA) is 58.0 Å². The van der Waals surface area contributed by atoms with Crippen LogP contribution in [0, 0.1) is 0 Å². The van der Waals surface area contributed by atoms with Crippen LogP contribution < -0.4 is 5.32 Å². The van der Waals surface area contributed by atoms with Crippen LogP contribution in [0.4, 0.5) is 0 Å². The van der Waals surface area contributed by atoms with Crippen molar-refractivity contribution in [1.82, 2.24) is 15.5 Å². The minimum Gasteiger partial charge on any atom is -0.508 e. The maximum atomic E-state index is 9.42. The molecule has 2 N–H and O–H groups in total. The van der Waals surface area contributed by atoms with Crippen LogP contribution in [0.2, 0.25) is 0 Å². The summed E-state index contributed by atoms with van der Waals surface area (Å²) in [5.74, 6) is 0.295. The molecule has 0 aliphatic carbocycles. The van der Waals surface area contributed by atoms with E-state index in [1.54, 1.807) is 23.5 Å². The number of nitrogens with zero attached hydrogens (tertiary/aromatic N) is 2. The molecule has 0 bridgehead atoms. The summed E-state index contributed by atoms with van der Waals surface area (Å²) >= 11 is 1.64. The van der Waals surface area contributed by atoms with E-state index in [9.17, 15) is 5.11 Å². The van der Waals surface area contributed by atoms with Crippen LogP contribution >= 0.6 is 11.3 Å². The zero-order valence-electron chi connectivity index (χ0n) is 11.3. The first-order valence-corrected chi connectivity index (χ1v) is 7.27. The lowest BCUT2D eigenvalue weighted by Gasteiger charge is -2.05. The molecule has 0 spiro atoms. The van der Waals surface area contributed by atoms with E-state index < -0.39 is 0 Å². The Bertz CT molecular complexity index is 525. The van der Waals surface area contributed by atoms with E-state index in [4.69, 9.17) is 0 Å². The van der Waals surface area contributed by atoms with Crippen LogP contribution in [0.15, 0.2) is 24.3 Å². The molecule has 102 valence electrons. The highest BCUT2D eigenvalue weighted by molar-refractivity contribution is 7.11. The molecule has 0 fully saturated rings. The van der Waals surface area contributed by atoms with Gasteiger partial charge in [-0.15, -0.1) is 21.5 Å². The summed E-state index contributed by atoms with van der Waals surface area (Å²) < 4.78 is 0.